The van der Waals surface area contributed by atoms with E-state index < -0.39 is 65.4 Å². The molecule has 3 rings (SSSR count). The number of aryl methyl sites for hydroxylation is 2. The number of amides is 5. The van der Waals surface area contributed by atoms with E-state index in [1.54, 1.807) is 45.3 Å². The van der Waals surface area contributed by atoms with E-state index in [1.807, 2.05) is 38.1 Å². The van der Waals surface area contributed by atoms with Crippen LogP contribution in [-0.2, 0) is 36.0 Å². The molecule has 0 saturated carbocycles. The number of carbonyl (C=O) groups is 6. The molecular weight excluding hydrogens is 709 g/mol. The van der Waals surface area contributed by atoms with Gasteiger partial charge in [-0.3, -0.25) is 29.4 Å². The molecule has 16 nitrogen and oxygen atoms in total. The molecule has 3 atom stereocenters. The molecule has 2 heterocycles. The molecule has 0 spiro atoms. The summed E-state index contributed by atoms with van der Waals surface area (Å²) < 4.78 is 37.7. The number of benzene rings is 1. The van der Waals surface area contributed by atoms with Crippen molar-refractivity contribution in [3.8, 4) is 5.75 Å². The van der Waals surface area contributed by atoms with E-state index in [1.165, 1.54) is 4.90 Å². The normalized spacial score (nSPS) is 16.7. The van der Waals surface area contributed by atoms with Crippen LogP contribution in [0.1, 0.15) is 63.1 Å². The topological polar surface area (TPSA) is 237 Å². The van der Waals surface area contributed by atoms with Gasteiger partial charge in [-0.15, -0.1) is 0 Å². The first-order valence-corrected chi connectivity index (χ1v) is 16.3. The molecule has 292 valence electrons. The van der Waals surface area contributed by atoms with Gasteiger partial charge < -0.3 is 35.8 Å². The Morgan fingerprint density at radius 2 is 1.55 bits per heavy atom. The maximum atomic E-state index is 13.7. The summed E-state index contributed by atoms with van der Waals surface area (Å²) >= 11 is 0. The second-order valence-corrected chi connectivity index (χ2v) is 13.6. The van der Waals surface area contributed by atoms with Crippen LogP contribution in [0.5, 0.6) is 5.75 Å². The van der Waals surface area contributed by atoms with Crippen molar-refractivity contribution >= 4 is 35.7 Å². The Balaban J connectivity index is 0.00000126. The largest absolute Gasteiger partial charge is 0.490 e. The number of alkyl halides is 3. The van der Waals surface area contributed by atoms with E-state index in [4.69, 9.17) is 19.7 Å². The fraction of sp³-hybridized carbons (Fsp3) is 0.500. The third-order valence-electron chi connectivity index (χ3n) is 8.21. The lowest BCUT2D eigenvalue weighted by Gasteiger charge is -2.29. The first-order chi connectivity index (χ1) is 24.5. The molecule has 1 aliphatic heterocycles. The second kappa shape index (κ2) is 18.3. The number of likely N-dealkylation sites (tertiary alicyclic amines) is 1. The number of ether oxygens (including phenoxy) is 1. The van der Waals surface area contributed by atoms with Crippen LogP contribution < -0.4 is 26.2 Å². The van der Waals surface area contributed by atoms with Crippen molar-refractivity contribution in [1.82, 2.24) is 31.3 Å². The molecule has 1 aromatic heterocycles. The Morgan fingerprint density at radius 1 is 0.981 bits per heavy atom. The molecule has 0 radical (unpaired) electrons. The van der Waals surface area contributed by atoms with Gasteiger partial charge in [0.15, 0.2) is 0 Å². The Morgan fingerprint density at radius 3 is 2.04 bits per heavy atom. The maximum absolute atomic E-state index is 13.7. The molecule has 53 heavy (non-hydrogen) atoms. The van der Waals surface area contributed by atoms with E-state index in [2.05, 4.69) is 20.9 Å². The summed E-state index contributed by atoms with van der Waals surface area (Å²) in [7, 11) is 0. The van der Waals surface area contributed by atoms with Gasteiger partial charge in [0.25, 0.3) is 5.91 Å². The first-order valence-electron chi connectivity index (χ1n) is 16.3. The lowest BCUT2D eigenvalue weighted by Crippen LogP contribution is -2.54. The van der Waals surface area contributed by atoms with E-state index in [0.29, 0.717) is 18.8 Å². The highest BCUT2D eigenvalue weighted by Crippen LogP contribution is 2.37. The number of aliphatic carboxylic acids is 1. The number of pyridine rings is 1. The number of nitrogens with zero attached hydrogens (tertiary/aromatic N) is 2. The highest BCUT2D eigenvalue weighted by Gasteiger charge is 2.47. The average Bonchev–Trinajstić information content (AvgIpc) is 3.36. The Bertz CT molecular complexity index is 1630. The highest BCUT2D eigenvalue weighted by molar-refractivity contribution is 5.94. The van der Waals surface area contributed by atoms with Gasteiger partial charge in [0, 0.05) is 24.5 Å². The summed E-state index contributed by atoms with van der Waals surface area (Å²) in [5, 5.41) is 32.7. The minimum atomic E-state index is -5.08. The van der Waals surface area contributed by atoms with Gasteiger partial charge in [-0.2, -0.15) is 13.2 Å². The molecule has 1 aromatic carbocycles. The summed E-state index contributed by atoms with van der Waals surface area (Å²) in [4.78, 5) is 77.0. The summed E-state index contributed by atoms with van der Waals surface area (Å²) in [6.07, 6.45) is -6.03. The van der Waals surface area contributed by atoms with Crippen LogP contribution in [0.4, 0.5) is 18.0 Å². The van der Waals surface area contributed by atoms with Crippen molar-refractivity contribution < 1.29 is 62.1 Å². The molecule has 1 saturated heterocycles. The molecular formula is C34H45F3N6O10. The van der Waals surface area contributed by atoms with Gasteiger partial charge in [-0.05, 0) is 74.4 Å². The Kier molecular flexibility index (Phi) is 15.1. The third kappa shape index (κ3) is 12.9. The maximum Gasteiger partial charge on any atom is 0.490 e. The van der Waals surface area contributed by atoms with Crippen LogP contribution in [0.15, 0.2) is 36.4 Å². The molecule has 7 N–H and O–H groups in total. The predicted octanol–water partition coefficient (Wildman–Crippen LogP) is 2.58. The number of halogens is 3. The molecule has 19 heteroatoms. The van der Waals surface area contributed by atoms with Crippen LogP contribution >= 0.6 is 0 Å². The summed E-state index contributed by atoms with van der Waals surface area (Å²) in [5.41, 5.74) is 3.52. The van der Waals surface area contributed by atoms with Crippen molar-refractivity contribution in [1.29, 1.82) is 0 Å². The molecule has 0 bridgehead atoms. The SMILES string of the molecule is Cc1cc(COc2ccc(C3(C)CCN(C(CCNC(=O)CNC(=O)[C@H](NC(=O)O)C(C)(C)C)C(=O)NO)C3=O)cc2)cc(C)n1.O=C(O)C(F)(F)F. The minimum absolute atomic E-state index is 0.000181. The van der Waals surface area contributed by atoms with E-state index in [0.717, 1.165) is 22.5 Å². The van der Waals surface area contributed by atoms with E-state index in [-0.39, 0.29) is 25.4 Å². The Hall–Kier alpha value is -5.46. The van der Waals surface area contributed by atoms with Crippen molar-refractivity contribution in [2.75, 3.05) is 19.6 Å². The van der Waals surface area contributed by atoms with Crippen molar-refractivity contribution in [3.63, 3.8) is 0 Å². The standard InChI is InChI=1S/C32H44N6O8.C2HF3O2/c1-19-15-21(16-20(2)35-19)18-46-23-9-7-22(8-10-23)32(6)12-14-38(29(32)42)24(27(40)37-45)11-13-33-25(39)17-34-28(41)26(31(3,4)5)36-30(43)44;3-2(4,5)1(6)7/h7-10,15-16,24,26,36,45H,11-14,17-18H2,1-6H3,(H,33,39)(H,34,41)(H,37,40)(H,43,44);(H,6,7)/t24?,26-,32?;/m0./s1. The number of carbonyl (C=O) groups excluding carboxylic acids is 4. The fourth-order valence-electron chi connectivity index (χ4n) is 5.51. The number of nitrogens with one attached hydrogen (secondary N) is 4. The van der Waals surface area contributed by atoms with Crippen LogP contribution in [0.3, 0.4) is 0 Å². The van der Waals surface area contributed by atoms with Crippen LogP contribution in [-0.4, -0.2) is 98.9 Å². The van der Waals surface area contributed by atoms with Gasteiger partial charge in [-0.25, -0.2) is 15.1 Å². The average molecular weight is 755 g/mol. The Labute approximate surface area is 303 Å². The number of hydrogen-bond donors (Lipinski definition) is 7. The monoisotopic (exact) mass is 754 g/mol. The van der Waals surface area contributed by atoms with Crippen LogP contribution in [0.25, 0.3) is 0 Å². The number of carboxylic acid groups (broad SMARTS) is 2. The van der Waals surface area contributed by atoms with Gasteiger partial charge in [0.2, 0.25) is 17.7 Å². The fourth-order valence-corrected chi connectivity index (χ4v) is 5.51. The number of carboxylic acids is 1. The second-order valence-electron chi connectivity index (χ2n) is 13.6. The molecule has 2 unspecified atom stereocenters. The molecule has 5 amide bonds. The van der Waals surface area contributed by atoms with Crippen LogP contribution in [0.2, 0.25) is 0 Å². The van der Waals surface area contributed by atoms with Gasteiger partial charge in [0.1, 0.15) is 24.4 Å². The third-order valence-corrected chi connectivity index (χ3v) is 8.21. The smallest absolute Gasteiger partial charge is 0.489 e. The lowest BCUT2D eigenvalue weighted by molar-refractivity contribution is -0.192. The molecule has 1 aliphatic rings. The number of hydroxylamine groups is 1. The van der Waals surface area contributed by atoms with E-state index in [9.17, 15) is 42.4 Å². The van der Waals surface area contributed by atoms with Crippen LogP contribution in [0, 0.1) is 19.3 Å². The summed E-state index contributed by atoms with van der Waals surface area (Å²) in [6, 6.07) is 9.01. The number of aromatic nitrogens is 1. The van der Waals surface area contributed by atoms with Crippen molar-refractivity contribution in [2.24, 2.45) is 5.41 Å². The zero-order valence-electron chi connectivity index (χ0n) is 30.1. The summed E-state index contributed by atoms with van der Waals surface area (Å²) in [6.45, 7) is 10.9. The zero-order valence-corrected chi connectivity index (χ0v) is 30.1. The molecule has 1 fully saturated rings. The van der Waals surface area contributed by atoms with Gasteiger partial charge in [0.05, 0.1) is 12.0 Å². The summed E-state index contributed by atoms with van der Waals surface area (Å²) in [5.74, 6) is -4.45. The number of hydrogen-bond acceptors (Lipinski definition) is 9. The quantitative estimate of drug-likeness (QED) is 0.116. The van der Waals surface area contributed by atoms with Crippen molar-refractivity contribution in [2.45, 2.75) is 84.7 Å². The van der Waals surface area contributed by atoms with E-state index >= 15 is 0 Å². The molecule has 2 aromatic rings. The number of rotatable bonds is 13. The predicted molar refractivity (Wildman–Crippen MR) is 181 cm³/mol. The zero-order chi connectivity index (χ0) is 40.3. The molecule has 0 aliphatic carbocycles. The highest BCUT2D eigenvalue weighted by atomic mass is 19.4. The van der Waals surface area contributed by atoms with Gasteiger partial charge >= 0.3 is 18.2 Å². The first kappa shape index (κ1) is 43.7. The van der Waals surface area contributed by atoms with Gasteiger partial charge in [-0.1, -0.05) is 32.9 Å². The van der Waals surface area contributed by atoms with Crippen molar-refractivity contribution in [3.05, 3.63) is 58.9 Å². The minimum Gasteiger partial charge on any atom is -0.489 e. The lowest BCUT2D eigenvalue weighted by atomic mass is 9.81.